The van der Waals surface area contributed by atoms with Gasteiger partial charge in [-0.15, -0.1) is 0 Å². The number of rotatable bonds is 7. The molecule has 196 valence electrons. The van der Waals surface area contributed by atoms with Crippen LogP contribution in [0.4, 0.5) is 10.1 Å². The lowest BCUT2D eigenvalue weighted by Gasteiger charge is -2.39. The molecule has 2 fully saturated rings. The first-order chi connectivity index (χ1) is 17.1. The summed E-state index contributed by atoms with van der Waals surface area (Å²) in [5.74, 6) is 0.155. The zero-order valence-corrected chi connectivity index (χ0v) is 22.1. The summed E-state index contributed by atoms with van der Waals surface area (Å²) in [7, 11) is 0. The number of hydrogen-bond acceptors (Lipinski definition) is 6. The molecule has 1 aromatic heterocycles. The Labute approximate surface area is 217 Å². The highest BCUT2D eigenvalue weighted by Gasteiger charge is 2.37. The monoisotopic (exact) mass is 518 g/mol. The number of aromatic nitrogens is 2. The SMILES string of the molecule is CC(C)(C)C(=O)C(c1ccc(F)cc1)N1CCC(n2ncc(NCC3CCCOC3)c(Cl)c2=O)CC1. The van der Waals surface area contributed by atoms with E-state index >= 15 is 0 Å². The molecule has 0 saturated carbocycles. The molecule has 4 rings (SSSR count). The number of benzene rings is 1. The topological polar surface area (TPSA) is 76.5 Å². The van der Waals surface area contributed by atoms with Gasteiger partial charge in [-0.2, -0.15) is 5.10 Å². The number of ether oxygens (including phenoxy) is 1. The van der Waals surface area contributed by atoms with Crippen molar-refractivity contribution in [3.05, 3.63) is 57.2 Å². The molecule has 0 spiro atoms. The molecule has 2 saturated heterocycles. The Morgan fingerprint density at radius 2 is 1.92 bits per heavy atom. The van der Waals surface area contributed by atoms with Crippen LogP contribution in [0.15, 0.2) is 35.3 Å². The Morgan fingerprint density at radius 3 is 2.53 bits per heavy atom. The van der Waals surface area contributed by atoms with E-state index in [1.54, 1.807) is 18.3 Å². The maximum atomic E-state index is 13.5. The number of piperidine rings is 1. The second-order valence-electron chi connectivity index (χ2n) is 10.9. The van der Waals surface area contributed by atoms with Crippen molar-refractivity contribution in [2.75, 3.05) is 38.2 Å². The summed E-state index contributed by atoms with van der Waals surface area (Å²) in [6.45, 7) is 9.15. The molecule has 0 aliphatic carbocycles. The van der Waals surface area contributed by atoms with Crippen LogP contribution in [0.3, 0.4) is 0 Å². The minimum absolute atomic E-state index is 0.0877. The van der Waals surface area contributed by atoms with Gasteiger partial charge in [0.15, 0.2) is 5.78 Å². The van der Waals surface area contributed by atoms with Crippen molar-refractivity contribution in [1.82, 2.24) is 14.7 Å². The number of hydrogen-bond donors (Lipinski definition) is 1. The van der Waals surface area contributed by atoms with Gasteiger partial charge in [0.1, 0.15) is 10.8 Å². The standard InChI is InChI=1S/C27H36ClFN4O3/c1-27(2,3)25(34)24(19-6-8-20(29)9-7-19)32-12-10-21(11-13-32)33-26(35)23(28)22(16-31-33)30-15-18-5-4-14-36-17-18/h6-9,16,18,21,24,30H,4-5,10-15,17H2,1-3H3. The van der Waals surface area contributed by atoms with E-state index in [1.807, 2.05) is 20.8 Å². The van der Waals surface area contributed by atoms with Crippen molar-refractivity contribution in [2.45, 2.75) is 58.5 Å². The zero-order chi connectivity index (χ0) is 25.9. The number of anilines is 1. The van der Waals surface area contributed by atoms with Gasteiger partial charge in [0.05, 0.1) is 30.6 Å². The zero-order valence-electron chi connectivity index (χ0n) is 21.3. The van der Waals surface area contributed by atoms with E-state index in [0.29, 0.717) is 50.7 Å². The van der Waals surface area contributed by atoms with Gasteiger partial charge in [-0.1, -0.05) is 44.5 Å². The Bertz CT molecular complexity index is 1100. The molecule has 2 aromatic rings. The van der Waals surface area contributed by atoms with Crippen molar-refractivity contribution in [2.24, 2.45) is 11.3 Å². The van der Waals surface area contributed by atoms with Crippen LogP contribution < -0.4 is 10.9 Å². The molecule has 0 amide bonds. The summed E-state index contributed by atoms with van der Waals surface area (Å²) in [6, 6.07) is 5.60. The van der Waals surface area contributed by atoms with Crippen LogP contribution in [0, 0.1) is 17.2 Å². The highest BCUT2D eigenvalue weighted by molar-refractivity contribution is 6.32. The third kappa shape index (κ3) is 6.15. The number of nitrogens with one attached hydrogen (secondary N) is 1. The molecule has 3 heterocycles. The second kappa shape index (κ2) is 11.4. The van der Waals surface area contributed by atoms with Crippen LogP contribution in [-0.2, 0) is 9.53 Å². The van der Waals surface area contributed by atoms with Crippen molar-refractivity contribution < 1.29 is 13.9 Å². The Morgan fingerprint density at radius 1 is 1.22 bits per heavy atom. The van der Waals surface area contributed by atoms with Crippen molar-refractivity contribution in [1.29, 1.82) is 0 Å². The first kappa shape index (κ1) is 26.8. The number of carbonyl (C=O) groups excluding carboxylic acids is 1. The van der Waals surface area contributed by atoms with Crippen LogP contribution in [0.2, 0.25) is 5.02 Å². The molecule has 2 atom stereocenters. The van der Waals surface area contributed by atoms with Gasteiger partial charge in [-0.05, 0) is 49.3 Å². The molecule has 2 unspecified atom stereocenters. The van der Waals surface area contributed by atoms with E-state index in [9.17, 15) is 14.0 Å². The van der Waals surface area contributed by atoms with E-state index < -0.39 is 11.5 Å². The largest absolute Gasteiger partial charge is 0.382 e. The third-order valence-corrected chi connectivity index (χ3v) is 7.53. The molecule has 36 heavy (non-hydrogen) atoms. The van der Waals surface area contributed by atoms with Crippen molar-refractivity contribution >= 4 is 23.1 Å². The lowest BCUT2D eigenvalue weighted by atomic mass is 9.82. The minimum atomic E-state index is -0.547. The molecular weight excluding hydrogens is 483 g/mol. The highest BCUT2D eigenvalue weighted by Crippen LogP contribution is 2.34. The molecule has 0 bridgehead atoms. The Balaban J connectivity index is 1.45. The lowest BCUT2D eigenvalue weighted by Crippen LogP contribution is -2.45. The van der Waals surface area contributed by atoms with E-state index in [-0.39, 0.29) is 28.2 Å². The van der Waals surface area contributed by atoms with Crippen LogP contribution in [-0.4, -0.2) is 53.3 Å². The number of ketones is 1. The maximum absolute atomic E-state index is 13.5. The fourth-order valence-corrected chi connectivity index (χ4v) is 5.22. The summed E-state index contributed by atoms with van der Waals surface area (Å²) in [5.41, 5.74) is 0.481. The number of carbonyl (C=O) groups is 1. The predicted molar refractivity (Wildman–Crippen MR) is 139 cm³/mol. The smallest absolute Gasteiger partial charge is 0.287 e. The Hall–Kier alpha value is -2.29. The Kier molecular flexibility index (Phi) is 8.48. The van der Waals surface area contributed by atoms with Crippen molar-refractivity contribution in [3.63, 3.8) is 0 Å². The molecule has 1 aromatic carbocycles. The summed E-state index contributed by atoms with van der Waals surface area (Å²) in [5, 5.41) is 7.85. The molecule has 9 heteroatoms. The van der Waals surface area contributed by atoms with Crippen LogP contribution in [0.5, 0.6) is 0 Å². The fourth-order valence-electron chi connectivity index (χ4n) is 5.02. The van der Waals surface area contributed by atoms with Crippen LogP contribution in [0.25, 0.3) is 0 Å². The molecule has 0 radical (unpaired) electrons. The first-order valence-electron chi connectivity index (χ1n) is 12.8. The van der Waals surface area contributed by atoms with E-state index in [2.05, 4.69) is 15.3 Å². The van der Waals surface area contributed by atoms with E-state index in [4.69, 9.17) is 16.3 Å². The molecule has 7 nitrogen and oxygen atoms in total. The van der Waals surface area contributed by atoms with Gasteiger partial charge >= 0.3 is 0 Å². The quantitative estimate of drug-likeness (QED) is 0.563. The maximum Gasteiger partial charge on any atom is 0.287 e. The molecule has 1 N–H and O–H groups in total. The van der Waals surface area contributed by atoms with Crippen LogP contribution in [0.1, 0.15) is 64.1 Å². The van der Waals surface area contributed by atoms with Gasteiger partial charge in [-0.25, -0.2) is 9.07 Å². The minimum Gasteiger partial charge on any atom is -0.382 e. The molecule has 2 aliphatic heterocycles. The molecular formula is C27H36ClFN4O3. The normalized spacial score (nSPS) is 20.8. The van der Waals surface area contributed by atoms with Gasteiger partial charge in [0, 0.05) is 31.7 Å². The lowest BCUT2D eigenvalue weighted by molar-refractivity contribution is -0.132. The number of halogens is 2. The predicted octanol–water partition coefficient (Wildman–Crippen LogP) is 4.87. The van der Waals surface area contributed by atoms with E-state index in [1.165, 1.54) is 16.8 Å². The van der Waals surface area contributed by atoms with E-state index in [0.717, 1.165) is 25.0 Å². The van der Waals surface area contributed by atoms with Gasteiger partial charge < -0.3 is 10.1 Å². The summed E-state index contributed by atoms with van der Waals surface area (Å²) in [6.07, 6.45) is 5.08. The second-order valence-corrected chi connectivity index (χ2v) is 11.3. The van der Waals surface area contributed by atoms with Gasteiger partial charge in [0.25, 0.3) is 5.56 Å². The summed E-state index contributed by atoms with van der Waals surface area (Å²) >= 11 is 6.45. The molecule has 2 aliphatic rings. The first-order valence-corrected chi connectivity index (χ1v) is 13.2. The van der Waals surface area contributed by atoms with Gasteiger partial charge in [-0.3, -0.25) is 14.5 Å². The summed E-state index contributed by atoms with van der Waals surface area (Å²) < 4.78 is 20.5. The number of nitrogens with zero attached hydrogens (tertiary/aromatic N) is 3. The third-order valence-electron chi connectivity index (χ3n) is 7.16. The highest BCUT2D eigenvalue weighted by atomic mass is 35.5. The summed E-state index contributed by atoms with van der Waals surface area (Å²) in [4.78, 5) is 28.6. The average molecular weight is 519 g/mol. The number of Topliss-reactive ketones (excluding diaryl/α,β-unsaturated/α-hetero) is 1. The van der Waals surface area contributed by atoms with Crippen molar-refractivity contribution in [3.8, 4) is 0 Å². The fraction of sp³-hybridized carbons (Fsp3) is 0.593. The number of likely N-dealkylation sites (tertiary alicyclic amines) is 1. The van der Waals surface area contributed by atoms with Crippen LogP contribution >= 0.6 is 11.6 Å². The average Bonchev–Trinajstić information content (AvgIpc) is 2.87. The van der Waals surface area contributed by atoms with Gasteiger partial charge in [0.2, 0.25) is 0 Å².